The summed E-state index contributed by atoms with van der Waals surface area (Å²) in [6.07, 6.45) is 0. The fraction of sp³-hybridized carbons (Fsp3) is 1.00. The first-order valence-corrected chi connectivity index (χ1v) is 11.5. The molecule has 2 saturated heterocycles. The minimum absolute atomic E-state index is 0.720. The summed E-state index contributed by atoms with van der Waals surface area (Å²) >= 11 is 7.97. The summed E-state index contributed by atoms with van der Waals surface area (Å²) in [5, 5.41) is 2.47. The van der Waals surface area contributed by atoms with Crippen LogP contribution in [-0.2, 0) is 9.47 Å². The van der Waals surface area contributed by atoms with E-state index in [1.165, 1.54) is 10.2 Å². The van der Waals surface area contributed by atoms with Gasteiger partial charge in [-0.25, -0.2) is 0 Å². The maximum atomic E-state index is 5.62. The number of hydrogen-bond acceptors (Lipinski definition) is 8. The molecule has 0 amide bonds. The van der Waals surface area contributed by atoms with E-state index in [9.17, 15) is 0 Å². The van der Waals surface area contributed by atoms with E-state index in [4.69, 9.17) is 9.47 Å². The fourth-order valence-corrected chi connectivity index (χ4v) is 6.11. The van der Waals surface area contributed by atoms with Crippen LogP contribution >= 0.6 is 47.0 Å². The Morgan fingerprint density at radius 2 is 1.00 bits per heavy atom. The second-order valence-electron chi connectivity index (χ2n) is 4.58. The van der Waals surface area contributed by atoms with Gasteiger partial charge in [0.1, 0.15) is 0 Å². The summed E-state index contributed by atoms with van der Waals surface area (Å²) in [6, 6.07) is 0. The molecule has 0 aromatic rings. The largest absolute Gasteiger partial charge is 0.378 e. The first-order chi connectivity index (χ1) is 9.95. The van der Waals surface area contributed by atoms with Crippen molar-refractivity contribution in [1.82, 2.24) is 9.80 Å². The molecule has 0 aromatic heterocycles. The molecule has 0 bridgehead atoms. The van der Waals surface area contributed by atoms with Crippen molar-refractivity contribution in [3.63, 3.8) is 0 Å². The monoisotopic (exact) mass is 356 g/mol. The van der Waals surface area contributed by atoms with E-state index in [2.05, 4.69) is 9.80 Å². The predicted molar refractivity (Wildman–Crippen MR) is 94.6 cm³/mol. The van der Waals surface area contributed by atoms with Gasteiger partial charge in [-0.05, 0) is 0 Å². The van der Waals surface area contributed by atoms with E-state index in [0.717, 1.165) is 63.0 Å². The molecular weight excluding hydrogens is 332 g/mol. The van der Waals surface area contributed by atoms with Crippen LogP contribution in [0.15, 0.2) is 0 Å². The van der Waals surface area contributed by atoms with Gasteiger partial charge in [-0.3, -0.25) is 9.80 Å². The van der Waals surface area contributed by atoms with Crippen LogP contribution in [0.1, 0.15) is 0 Å². The van der Waals surface area contributed by atoms with E-state index in [1.54, 1.807) is 0 Å². The third kappa shape index (κ3) is 8.03. The van der Waals surface area contributed by atoms with Crippen LogP contribution in [0, 0.1) is 0 Å². The Balaban J connectivity index is 1.33. The zero-order valence-corrected chi connectivity index (χ0v) is 15.1. The van der Waals surface area contributed by atoms with Gasteiger partial charge in [0.25, 0.3) is 0 Å². The number of thioether (sulfide) groups is 4. The Morgan fingerprint density at radius 3 is 1.40 bits per heavy atom. The zero-order valence-electron chi connectivity index (χ0n) is 11.8. The van der Waals surface area contributed by atoms with E-state index in [0.29, 0.717) is 0 Å². The Bertz CT molecular complexity index is 215. The van der Waals surface area contributed by atoms with E-state index >= 15 is 0 Å². The van der Waals surface area contributed by atoms with Crippen molar-refractivity contribution in [3.05, 3.63) is 0 Å². The zero-order chi connectivity index (χ0) is 13.9. The number of ether oxygens (including phenoxy) is 2. The van der Waals surface area contributed by atoms with Crippen LogP contribution in [0.2, 0.25) is 0 Å². The minimum atomic E-state index is 0.720. The molecule has 0 N–H and O–H groups in total. The van der Waals surface area contributed by atoms with Gasteiger partial charge < -0.3 is 9.47 Å². The molecule has 0 radical (unpaired) electrons. The van der Waals surface area contributed by atoms with Crippen molar-refractivity contribution >= 4 is 47.0 Å². The van der Waals surface area contributed by atoms with Gasteiger partial charge in [0.2, 0.25) is 0 Å². The first kappa shape index (κ1) is 17.6. The summed E-state index contributed by atoms with van der Waals surface area (Å²) in [5.41, 5.74) is 0. The van der Waals surface area contributed by atoms with Crippen molar-refractivity contribution in [1.29, 1.82) is 0 Å². The van der Waals surface area contributed by atoms with Crippen LogP contribution in [0.4, 0.5) is 0 Å². The van der Waals surface area contributed by atoms with Gasteiger partial charge in [0.05, 0.1) is 26.4 Å². The molecule has 2 aliphatic rings. The summed E-state index contributed by atoms with van der Waals surface area (Å²) in [7, 11) is 0. The topological polar surface area (TPSA) is 24.9 Å². The highest BCUT2D eigenvalue weighted by Crippen LogP contribution is 2.21. The third-order valence-corrected chi connectivity index (χ3v) is 7.76. The lowest BCUT2D eigenvalue weighted by Crippen LogP contribution is -2.30. The smallest absolute Gasteiger partial charge is 0.0701 e. The van der Waals surface area contributed by atoms with Gasteiger partial charge in [-0.15, -0.1) is 47.0 Å². The van der Waals surface area contributed by atoms with Gasteiger partial charge in [0.15, 0.2) is 0 Å². The summed E-state index contributed by atoms with van der Waals surface area (Å²) in [5.74, 6) is 4.61. The Labute approximate surface area is 139 Å². The van der Waals surface area contributed by atoms with Crippen molar-refractivity contribution in [2.45, 2.75) is 0 Å². The van der Waals surface area contributed by atoms with Crippen LogP contribution in [0.25, 0.3) is 0 Å². The van der Waals surface area contributed by atoms with Gasteiger partial charge in [0, 0.05) is 46.8 Å². The molecule has 0 unspecified atom stereocenters. The molecule has 0 aliphatic carbocycles. The molecular formula is C12H24N2O2S4. The van der Waals surface area contributed by atoms with Gasteiger partial charge in [-0.1, -0.05) is 0 Å². The second kappa shape index (κ2) is 11.8. The number of rotatable bonds is 9. The Hall–Kier alpha value is 1.24. The first-order valence-electron chi connectivity index (χ1n) is 6.86. The molecule has 2 heterocycles. The molecule has 0 saturated carbocycles. The van der Waals surface area contributed by atoms with E-state index in [-0.39, 0.29) is 0 Å². The highest BCUT2D eigenvalue weighted by atomic mass is 32.2. The lowest BCUT2D eigenvalue weighted by Gasteiger charge is -2.25. The molecule has 118 valence electrons. The minimum Gasteiger partial charge on any atom is -0.378 e. The Kier molecular flexibility index (Phi) is 10.3. The highest BCUT2D eigenvalue weighted by molar-refractivity contribution is 8.16. The lowest BCUT2D eigenvalue weighted by molar-refractivity contribution is 0.0366. The van der Waals surface area contributed by atoms with Crippen LogP contribution in [-0.4, -0.2) is 83.0 Å². The van der Waals surface area contributed by atoms with Crippen LogP contribution < -0.4 is 0 Å². The van der Waals surface area contributed by atoms with Crippen molar-refractivity contribution in [2.24, 2.45) is 0 Å². The van der Waals surface area contributed by atoms with Crippen LogP contribution in [0.5, 0.6) is 0 Å². The molecule has 4 nitrogen and oxygen atoms in total. The molecule has 0 spiro atoms. The van der Waals surface area contributed by atoms with Gasteiger partial charge in [-0.2, -0.15) is 0 Å². The predicted octanol–water partition coefficient (Wildman–Crippen LogP) is 2.33. The summed E-state index contributed by atoms with van der Waals surface area (Å²) in [4.78, 5) is 4.87. The normalized spacial score (nSPS) is 22.2. The molecule has 2 rings (SSSR count). The lowest BCUT2D eigenvalue weighted by atomic mass is 10.6. The molecule has 20 heavy (non-hydrogen) atoms. The third-order valence-electron chi connectivity index (χ3n) is 2.90. The van der Waals surface area contributed by atoms with E-state index < -0.39 is 0 Å². The molecule has 2 aliphatic heterocycles. The maximum Gasteiger partial charge on any atom is 0.0701 e. The summed E-state index contributed by atoms with van der Waals surface area (Å²) < 4.78 is 11.2. The molecule has 8 heteroatoms. The highest BCUT2D eigenvalue weighted by Gasteiger charge is 2.10. The van der Waals surface area contributed by atoms with Gasteiger partial charge >= 0.3 is 0 Å². The molecule has 0 atom stereocenters. The average molecular weight is 357 g/mol. The van der Waals surface area contributed by atoms with Crippen LogP contribution in [0.3, 0.4) is 0 Å². The average Bonchev–Trinajstić information content (AvgIpc) is 2.52. The van der Waals surface area contributed by atoms with E-state index in [1.807, 2.05) is 47.0 Å². The molecule has 0 aromatic carbocycles. The standard InChI is InChI=1S/C12H24N2O2S4/c1(13-7-17-11-18-8-13)3-15-5-6-16-4-2-14-9-19-12-20-10-14/h1-12H2. The van der Waals surface area contributed by atoms with Crippen molar-refractivity contribution in [3.8, 4) is 0 Å². The Morgan fingerprint density at radius 1 is 0.600 bits per heavy atom. The SMILES string of the molecule is C(COCCN1CSCSC1)OCCN1CSCSC1. The number of nitrogens with zero attached hydrogens (tertiary/aromatic N) is 2. The second-order valence-corrected chi connectivity index (χ2v) is 9.13. The van der Waals surface area contributed by atoms with Crippen molar-refractivity contribution < 1.29 is 9.47 Å². The van der Waals surface area contributed by atoms with Crippen molar-refractivity contribution in [2.75, 3.05) is 73.2 Å². The number of hydrogen-bond donors (Lipinski definition) is 0. The fourth-order valence-electron chi connectivity index (χ4n) is 1.83. The summed E-state index contributed by atoms with van der Waals surface area (Å²) in [6.45, 7) is 5.17. The quantitative estimate of drug-likeness (QED) is 0.581. The molecule has 2 fully saturated rings. The maximum absolute atomic E-state index is 5.62.